The Balaban J connectivity index is 1.88. The van der Waals surface area contributed by atoms with Gasteiger partial charge in [-0.3, -0.25) is 0 Å². The van der Waals surface area contributed by atoms with Gasteiger partial charge in [-0.25, -0.2) is 4.39 Å². The van der Waals surface area contributed by atoms with Crippen LogP contribution in [0.5, 0.6) is 0 Å². The van der Waals surface area contributed by atoms with E-state index >= 15 is 0 Å². The van der Waals surface area contributed by atoms with Gasteiger partial charge in [-0.15, -0.1) is 0 Å². The molecule has 1 saturated carbocycles. The van der Waals surface area contributed by atoms with Crippen LogP contribution in [0.4, 0.5) is 4.39 Å². The molecule has 0 bridgehead atoms. The Morgan fingerprint density at radius 3 is 2.88 bits per heavy atom. The van der Waals surface area contributed by atoms with Gasteiger partial charge in [0.1, 0.15) is 5.82 Å². The summed E-state index contributed by atoms with van der Waals surface area (Å²) in [4.78, 5) is 0. The van der Waals surface area contributed by atoms with E-state index in [-0.39, 0.29) is 5.82 Å². The number of hydrogen-bond acceptors (Lipinski definition) is 1. The van der Waals surface area contributed by atoms with E-state index in [2.05, 4.69) is 28.2 Å². The standard InChI is InChI=1S/C14H19BrFN/c1-2-13(7-10-3-4-10)17-9-11-8-12(16)5-6-14(11)15/h5-6,8,10,13,17H,2-4,7,9H2,1H3. The average molecular weight is 300 g/mol. The third-order valence-electron chi connectivity index (χ3n) is 3.40. The molecule has 1 nitrogen and oxygen atoms in total. The van der Waals surface area contributed by atoms with Crippen molar-refractivity contribution in [2.75, 3.05) is 0 Å². The van der Waals surface area contributed by atoms with E-state index in [4.69, 9.17) is 0 Å². The van der Waals surface area contributed by atoms with Crippen molar-refractivity contribution in [3.05, 3.63) is 34.1 Å². The molecule has 1 N–H and O–H groups in total. The molecule has 0 spiro atoms. The van der Waals surface area contributed by atoms with Gasteiger partial charge in [0.05, 0.1) is 0 Å². The molecule has 1 unspecified atom stereocenters. The molecule has 0 amide bonds. The predicted octanol–water partition coefficient (Wildman–Crippen LogP) is 4.26. The summed E-state index contributed by atoms with van der Waals surface area (Å²) in [5.41, 5.74) is 0.999. The average Bonchev–Trinajstić information content (AvgIpc) is 3.12. The Morgan fingerprint density at radius 1 is 1.47 bits per heavy atom. The maximum atomic E-state index is 13.1. The molecule has 0 aliphatic heterocycles. The largest absolute Gasteiger partial charge is 0.310 e. The first kappa shape index (κ1) is 13.0. The number of hydrogen-bond donors (Lipinski definition) is 1. The zero-order chi connectivity index (χ0) is 12.3. The van der Waals surface area contributed by atoms with Gasteiger partial charge >= 0.3 is 0 Å². The van der Waals surface area contributed by atoms with Gasteiger partial charge in [-0.2, -0.15) is 0 Å². The minimum atomic E-state index is -0.166. The summed E-state index contributed by atoms with van der Waals surface area (Å²) in [7, 11) is 0. The van der Waals surface area contributed by atoms with Crippen molar-refractivity contribution in [2.24, 2.45) is 5.92 Å². The van der Waals surface area contributed by atoms with E-state index in [9.17, 15) is 4.39 Å². The molecular weight excluding hydrogens is 281 g/mol. The maximum Gasteiger partial charge on any atom is 0.123 e. The van der Waals surface area contributed by atoms with Crippen molar-refractivity contribution in [2.45, 2.75) is 45.2 Å². The Kier molecular flexibility index (Phi) is 4.57. The number of nitrogens with one attached hydrogen (secondary N) is 1. The normalized spacial score (nSPS) is 17.1. The molecule has 2 rings (SSSR count). The number of rotatable bonds is 6. The molecule has 0 radical (unpaired) electrons. The summed E-state index contributed by atoms with van der Waals surface area (Å²) >= 11 is 3.46. The Morgan fingerprint density at radius 2 is 2.24 bits per heavy atom. The smallest absolute Gasteiger partial charge is 0.123 e. The van der Waals surface area contributed by atoms with E-state index in [0.717, 1.165) is 28.9 Å². The fourth-order valence-corrected chi connectivity index (χ4v) is 2.47. The zero-order valence-corrected chi connectivity index (χ0v) is 11.8. The van der Waals surface area contributed by atoms with Crippen LogP contribution in [0.3, 0.4) is 0 Å². The molecule has 1 aliphatic carbocycles. The van der Waals surface area contributed by atoms with Gasteiger partial charge in [-0.1, -0.05) is 35.7 Å². The Labute approximate surface area is 111 Å². The van der Waals surface area contributed by atoms with Crippen LogP contribution in [0.2, 0.25) is 0 Å². The third kappa shape index (κ3) is 4.07. The lowest BCUT2D eigenvalue weighted by Gasteiger charge is -2.17. The minimum Gasteiger partial charge on any atom is -0.310 e. The highest BCUT2D eigenvalue weighted by Crippen LogP contribution is 2.34. The van der Waals surface area contributed by atoms with Crippen LogP contribution in [0.1, 0.15) is 38.2 Å². The second-order valence-corrected chi connectivity index (χ2v) is 5.76. The van der Waals surface area contributed by atoms with Crippen LogP contribution in [0, 0.1) is 11.7 Å². The molecule has 0 heterocycles. The second kappa shape index (κ2) is 5.96. The number of benzene rings is 1. The quantitative estimate of drug-likeness (QED) is 0.828. The van der Waals surface area contributed by atoms with Crippen LogP contribution in [-0.4, -0.2) is 6.04 Å². The summed E-state index contributed by atoms with van der Waals surface area (Å²) in [5.74, 6) is 0.767. The first-order chi connectivity index (χ1) is 8.19. The molecule has 94 valence electrons. The van der Waals surface area contributed by atoms with Crippen molar-refractivity contribution < 1.29 is 4.39 Å². The fraction of sp³-hybridized carbons (Fsp3) is 0.571. The highest BCUT2D eigenvalue weighted by molar-refractivity contribution is 9.10. The summed E-state index contributed by atoms with van der Waals surface area (Å²) in [6.07, 6.45) is 5.19. The van der Waals surface area contributed by atoms with Gasteiger partial charge in [-0.05, 0) is 42.5 Å². The van der Waals surface area contributed by atoms with Crippen molar-refractivity contribution in [1.29, 1.82) is 0 Å². The predicted molar refractivity (Wildman–Crippen MR) is 72.4 cm³/mol. The minimum absolute atomic E-state index is 0.166. The summed E-state index contributed by atoms with van der Waals surface area (Å²) in [5, 5.41) is 3.53. The van der Waals surface area contributed by atoms with Gasteiger partial charge < -0.3 is 5.32 Å². The van der Waals surface area contributed by atoms with Gasteiger partial charge in [0.2, 0.25) is 0 Å². The molecule has 1 aliphatic rings. The monoisotopic (exact) mass is 299 g/mol. The van der Waals surface area contributed by atoms with Crippen LogP contribution < -0.4 is 5.32 Å². The molecule has 0 aromatic heterocycles. The number of halogens is 2. The first-order valence-corrected chi connectivity index (χ1v) is 7.15. The first-order valence-electron chi connectivity index (χ1n) is 6.36. The topological polar surface area (TPSA) is 12.0 Å². The molecule has 1 fully saturated rings. The van der Waals surface area contributed by atoms with E-state index in [0.29, 0.717) is 6.04 Å². The molecule has 0 saturated heterocycles. The van der Waals surface area contributed by atoms with Crippen molar-refractivity contribution in [3.63, 3.8) is 0 Å². The molecule has 1 atom stereocenters. The lowest BCUT2D eigenvalue weighted by molar-refractivity contribution is 0.444. The summed E-state index contributed by atoms with van der Waals surface area (Å²) in [6.45, 7) is 2.95. The highest BCUT2D eigenvalue weighted by Gasteiger charge is 2.24. The van der Waals surface area contributed by atoms with Gasteiger partial charge in [0.25, 0.3) is 0 Å². The summed E-state index contributed by atoms with van der Waals surface area (Å²) < 4.78 is 14.1. The third-order valence-corrected chi connectivity index (χ3v) is 4.17. The van der Waals surface area contributed by atoms with Crippen LogP contribution in [0.15, 0.2) is 22.7 Å². The highest BCUT2D eigenvalue weighted by atomic mass is 79.9. The molecule has 1 aromatic carbocycles. The molecular formula is C14H19BrFN. The molecule has 17 heavy (non-hydrogen) atoms. The van der Waals surface area contributed by atoms with Crippen LogP contribution in [0.25, 0.3) is 0 Å². The summed E-state index contributed by atoms with van der Waals surface area (Å²) in [6, 6.07) is 5.42. The van der Waals surface area contributed by atoms with E-state index in [1.807, 2.05) is 0 Å². The molecule has 1 aromatic rings. The van der Waals surface area contributed by atoms with Gasteiger partial charge in [0, 0.05) is 17.1 Å². The van der Waals surface area contributed by atoms with Gasteiger partial charge in [0.15, 0.2) is 0 Å². The second-order valence-electron chi connectivity index (χ2n) is 4.90. The zero-order valence-electron chi connectivity index (χ0n) is 10.2. The van der Waals surface area contributed by atoms with Crippen molar-refractivity contribution >= 4 is 15.9 Å². The van der Waals surface area contributed by atoms with E-state index < -0.39 is 0 Å². The molecule has 3 heteroatoms. The Bertz CT molecular complexity index is 376. The van der Waals surface area contributed by atoms with Crippen molar-refractivity contribution in [3.8, 4) is 0 Å². The fourth-order valence-electron chi connectivity index (χ4n) is 2.08. The van der Waals surface area contributed by atoms with Crippen LogP contribution in [-0.2, 0) is 6.54 Å². The van der Waals surface area contributed by atoms with Crippen molar-refractivity contribution in [1.82, 2.24) is 5.32 Å². The van der Waals surface area contributed by atoms with E-state index in [1.54, 1.807) is 12.1 Å². The lowest BCUT2D eigenvalue weighted by Crippen LogP contribution is -2.28. The lowest BCUT2D eigenvalue weighted by atomic mass is 10.1. The van der Waals surface area contributed by atoms with Crippen LogP contribution >= 0.6 is 15.9 Å². The maximum absolute atomic E-state index is 13.1. The Hall–Kier alpha value is -0.410. The SMILES string of the molecule is CCC(CC1CC1)NCc1cc(F)ccc1Br. The van der Waals surface area contributed by atoms with E-state index in [1.165, 1.54) is 25.3 Å².